The molecule has 0 aliphatic heterocycles. The van der Waals surface area contributed by atoms with E-state index in [0.29, 0.717) is 35.5 Å². The number of hydrogen-bond donors (Lipinski definition) is 4. The Hall–Kier alpha value is -0.200. The summed E-state index contributed by atoms with van der Waals surface area (Å²) in [5.41, 5.74) is 0.525. The van der Waals surface area contributed by atoms with Crippen LogP contribution in [0.3, 0.4) is 0 Å². The van der Waals surface area contributed by atoms with Gasteiger partial charge in [-0.2, -0.15) is 0 Å². The second-order valence-electron chi connectivity index (χ2n) is 19.5. The predicted octanol–water partition coefficient (Wildman–Crippen LogP) is 8.32. The van der Waals surface area contributed by atoms with Crippen LogP contribution in [0.4, 0.5) is 0 Å². The molecular weight excluding hydrogens is 582 g/mol. The van der Waals surface area contributed by atoms with E-state index < -0.39 is 0 Å². The molecule has 0 aromatic rings. The van der Waals surface area contributed by atoms with Gasteiger partial charge in [-0.25, -0.2) is 0 Å². The Balaban J connectivity index is 1.24. The van der Waals surface area contributed by atoms with E-state index in [1.54, 1.807) is 0 Å². The summed E-state index contributed by atoms with van der Waals surface area (Å²) in [4.78, 5) is 3.14. The zero-order valence-corrected chi connectivity index (χ0v) is 31.6. The quantitative estimate of drug-likeness (QED) is 0.179. The minimum absolute atomic E-state index is 0.263. The van der Waals surface area contributed by atoms with Crippen molar-refractivity contribution in [2.45, 2.75) is 169 Å². The van der Waals surface area contributed by atoms with E-state index in [9.17, 15) is 20.4 Å². The summed E-state index contributed by atoms with van der Waals surface area (Å²) in [6, 6.07) is 2.18. The van der Waals surface area contributed by atoms with Crippen LogP contribution >= 0.6 is 0 Å². The predicted molar refractivity (Wildman–Crippen MR) is 194 cm³/mol. The second kappa shape index (κ2) is 16.4. The lowest BCUT2D eigenvalue weighted by molar-refractivity contribution is -0.0459. The lowest BCUT2D eigenvalue weighted by Crippen LogP contribution is -2.54. The van der Waals surface area contributed by atoms with E-state index in [0.717, 1.165) is 80.3 Å². The molecule has 47 heavy (non-hydrogen) atoms. The fourth-order valence-electron chi connectivity index (χ4n) is 12.5. The molecule has 0 saturated heterocycles. The Morgan fingerprint density at radius 2 is 0.745 bits per heavy atom. The molecule has 0 radical (unpaired) electrons. The first-order valence-electron chi connectivity index (χ1n) is 20.6. The summed E-state index contributed by atoms with van der Waals surface area (Å²) >= 11 is 0. The Kier molecular flexibility index (Phi) is 13.3. The third-order valence-corrected chi connectivity index (χ3v) is 16.3. The summed E-state index contributed by atoms with van der Waals surface area (Å²) in [5.74, 6) is 5.79. The molecule has 7 unspecified atom stereocenters. The standard InChI is InChI=1S/C42H77NO4/c1-28-7-12-40(17-29(28)2)43(38-13-8-34(9-14-38)41(3,4)36-20-30(24-44)18-31(21-36)25-45)39-15-10-35(11-16-39)42(5,6)37-22-32(26-46)19-33(23-37)27-47/h28-40,44-47H,7-27H2,1-6H3. The minimum atomic E-state index is 0.263. The first-order chi connectivity index (χ1) is 22.4. The maximum absolute atomic E-state index is 10.0. The van der Waals surface area contributed by atoms with Gasteiger partial charge in [0.2, 0.25) is 0 Å². The van der Waals surface area contributed by atoms with Crippen LogP contribution in [0.15, 0.2) is 0 Å². The summed E-state index contributed by atoms with van der Waals surface area (Å²) in [7, 11) is 0. The highest BCUT2D eigenvalue weighted by Crippen LogP contribution is 2.54. The highest BCUT2D eigenvalue weighted by molar-refractivity contribution is 4.99. The molecule has 0 aromatic heterocycles. The van der Waals surface area contributed by atoms with E-state index in [1.807, 2.05) is 0 Å². The van der Waals surface area contributed by atoms with Crippen molar-refractivity contribution in [3.8, 4) is 0 Å². The Morgan fingerprint density at radius 1 is 0.404 bits per heavy atom. The van der Waals surface area contributed by atoms with Crippen molar-refractivity contribution < 1.29 is 20.4 Å². The zero-order chi connectivity index (χ0) is 33.9. The van der Waals surface area contributed by atoms with Crippen molar-refractivity contribution in [3.63, 3.8) is 0 Å². The van der Waals surface area contributed by atoms with Gasteiger partial charge < -0.3 is 20.4 Å². The summed E-state index contributed by atoms with van der Waals surface area (Å²) in [6.07, 6.45) is 21.3. The first-order valence-corrected chi connectivity index (χ1v) is 20.6. The molecule has 274 valence electrons. The molecule has 0 spiro atoms. The van der Waals surface area contributed by atoms with Gasteiger partial charge in [0, 0.05) is 44.6 Å². The van der Waals surface area contributed by atoms with Gasteiger partial charge in [-0.1, -0.05) is 41.5 Å². The lowest BCUT2D eigenvalue weighted by Gasteiger charge is -2.54. The summed E-state index contributed by atoms with van der Waals surface area (Å²) in [5, 5.41) is 40.2. The fourth-order valence-corrected chi connectivity index (χ4v) is 12.5. The third kappa shape index (κ3) is 8.65. The van der Waals surface area contributed by atoms with Crippen LogP contribution < -0.4 is 0 Å². The topological polar surface area (TPSA) is 84.2 Å². The van der Waals surface area contributed by atoms with Crippen LogP contribution in [0.5, 0.6) is 0 Å². The molecule has 5 nitrogen and oxygen atoms in total. The number of aliphatic hydroxyl groups excluding tert-OH is 4. The molecule has 4 N–H and O–H groups in total. The third-order valence-electron chi connectivity index (χ3n) is 16.3. The van der Waals surface area contributed by atoms with Crippen LogP contribution in [-0.4, -0.2) is 69.9 Å². The van der Waals surface area contributed by atoms with Gasteiger partial charge in [0.05, 0.1) is 0 Å². The van der Waals surface area contributed by atoms with E-state index in [1.165, 1.54) is 70.6 Å². The molecule has 5 aliphatic rings. The molecule has 0 aromatic carbocycles. The largest absolute Gasteiger partial charge is 0.396 e. The molecule has 5 rings (SSSR count). The van der Waals surface area contributed by atoms with E-state index in [-0.39, 0.29) is 37.3 Å². The zero-order valence-electron chi connectivity index (χ0n) is 31.6. The fraction of sp³-hybridized carbons (Fsp3) is 1.00. The number of rotatable bonds is 11. The maximum Gasteiger partial charge on any atom is 0.0459 e. The lowest BCUT2D eigenvalue weighted by atomic mass is 9.57. The van der Waals surface area contributed by atoms with E-state index >= 15 is 0 Å². The van der Waals surface area contributed by atoms with Crippen molar-refractivity contribution >= 4 is 0 Å². The minimum Gasteiger partial charge on any atom is -0.396 e. The Bertz CT molecular complexity index is 851. The molecule has 5 fully saturated rings. The van der Waals surface area contributed by atoms with Gasteiger partial charge in [0.25, 0.3) is 0 Å². The van der Waals surface area contributed by atoms with Crippen molar-refractivity contribution in [2.24, 2.45) is 70.0 Å². The van der Waals surface area contributed by atoms with Crippen LogP contribution in [0.2, 0.25) is 0 Å². The van der Waals surface area contributed by atoms with Gasteiger partial charge in [-0.15, -0.1) is 0 Å². The average molecular weight is 660 g/mol. The monoisotopic (exact) mass is 660 g/mol. The SMILES string of the molecule is CC1CCC(N(C2CCC(C(C)(C)C3CC(CO)CC(CO)C3)CC2)C2CCC(C(C)(C)C3CC(CO)CC(CO)C3)CC2)CC1C. The Labute approximate surface area is 290 Å². The first kappa shape index (κ1) is 38.0. The second-order valence-corrected chi connectivity index (χ2v) is 19.5. The van der Waals surface area contributed by atoms with Crippen molar-refractivity contribution in [2.75, 3.05) is 26.4 Å². The van der Waals surface area contributed by atoms with Crippen molar-refractivity contribution in [1.29, 1.82) is 0 Å². The number of nitrogens with zero attached hydrogens (tertiary/aromatic N) is 1. The van der Waals surface area contributed by atoms with E-state index in [2.05, 4.69) is 46.4 Å². The van der Waals surface area contributed by atoms with Crippen molar-refractivity contribution in [3.05, 3.63) is 0 Å². The molecule has 5 heteroatoms. The summed E-state index contributed by atoms with van der Waals surface area (Å²) < 4.78 is 0. The summed E-state index contributed by atoms with van der Waals surface area (Å²) in [6.45, 7) is 16.2. The van der Waals surface area contributed by atoms with Crippen molar-refractivity contribution in [1.82, 2.24) is 4.90 Å². The molecular formula is C42H77NO4. The normalized spacial score (nSPS) is 42.8. The smallest absolute Gasteiger partial charge is 0.0459 e. The van der Waals surface area contributed by atoms with Crippen LogP contribution in [0.1, 0.15) is 151 Å². The maximum atomic E-state index is 10.0. The molecule has 0 amide bonds. The Morgan fingerprint density at radius 3 is 1.06 bits per heavy atom. The number of hydrogen-bond acceptors (Lipinski definition) is 5. The van der Waals surface area contributed by atoms with Crippen LogP contribution in [-0.2, 0) is 0 Å². The van der Waals surface area contributed by atoms with Gasteiger partial charge in [0.1, 0.15) is 0 Å². The van der Waals surface area contributed by atoms with Gasteiger partial charge in [-0.3, -0.25) is 4.90 Å². The molecule has 0 bridgehead atoms. The molecule has 5 saturated carbocycles. The molecule has 5 aliphatic carbocycles. The van der Waals surface area contributed by atoms with Gasteiger partial charge >= 0.3 is 0 Å². The highest BCUT2D eigenvalue weighted by Gasteiger charge is 2.47. The van der Waals surface area contributed by atoms with Crippen LogP contribution in [0.25, 0.3) is 0 Å². The molecule has 7 atom stereocenters. The number of aliphatic hydroxyl groups is 4. The van der Waals surface area contributed by atoms with Gasteiger partial charge in [0.15, 0.2) is 0 Å². The van der Waals surface area contributed by atoms with Gasteiger partial charge in [-0.05, 0) is 179 Å². The highest BCUT2D eigenvalue weighted by atomic mass is 16.3. The molecule has 0 heterocycles. The van der Waals surface area contributed by atoms with E-state index in [4.69, 9.17) is 0 Å². The van der Waals surface area contributed by atoms with Crippen LogP contribution in [0, 0.1) is 70.0 Å². The average Bonchev–Trinajstić information content (AvgIpc) is 3.09.